The van der Waals surface area contributed by atoms with Gasteiger partial charge in [-0.2, -0.15) is 5.26 Å². The average molecular weight is 269 g/mol. The van der Waals surface area contributed by atoms with Gasteiger partial charge in [-0.05, 0) is 23.8 Å². The van der Waals surface area contributed by atoms with Crippen molar-refractivity contribution in [1.29, 1.82) is 5.26 Å². The van der Waals surface area contributed by atoms with Crippen molar-refractivity contribution in [3.05, 3.63) is 60.7 Å². The summed E-state index contributed by atoms with van der Waals surface area (Å²) in [6, 6.07) is 8.81. The molecule has 4 heteroatoms. The Morgan fingerprint density at radius 1 is 1.20 bits per heavy atom. The summed E-state index contributed by atoms with van der Waals surface area (Å²) >= 11 is 0. The van der Waals surface area contributed by atoms with E-state index < -0.39 is 5.97 Å². The van der Waals surface area contributed by atoms with Crippen molar-refractivity contribution in [3.63, 3.8) is 0 Å². The van der Waals surface area contributed by atoms with Gasteiger partial charge in [0, 0.05) is 0 Å². The first-order valence-corrected chi connectivity index (χ1v) is 5.95. The van der Waals surface area contributed by atoms with E-state index in [9.17, 15) is 4.79 Å². The van der Waals surface area contributed by atoms with Gasteiger partial charge in [-0.25, -0.2) is 4.79 Å². The van der Waals surface area contributed by atoms with Crippen LogP contribution in [0.2, 0.25) is 0 Å². The number of nitrogens with zero attached hydrogens (tertiary/aromatic N) is 1. The SMILES string of the molecule is C=CCOC(=O)/C(C#N)=C\c1ccc(OCC=C)cc1. The molecule has 0 N–H and O–H groups in total. The molecule has 1 aromatic carbocycles. The summed E-state index contributed by atoms with van der Waals surface area (Å²) in [6.07, 6.45) is 4.55. The van der Waals surface area contributed by atoms with E-state index in [4.69, 9.17) is 14.7 Å². The third kappa shape index (κ3) is 4.83. The molecule has 0 heterocycles. The highest BCUT2D eigenvalue weighted by Crippen LogP contribution is 2.15. The Morgan fingerprint density at radius 2 is 1.85 bits per heavy atom. The summed E-state index contributed by atoms with van der Waals surface area (Å²) in [5.74, 6) is 0.0224. The molecule has 0 spiro atoms. The molecule has 0 aliphatic rings. The Morgan fingerprint density at radius 3 is 2.40 bits per heavy atom. The fourth-order valence-corrected chi connectivity index (χ4v) is 1.33. The first kappa shape index (κ1) is 15.3. The molecule has 0 fully saturated rings. The molecule has 0 saturated carbocycles. The van der Waals surface area contributed by atoms with E-state index in [0.29, 0.717) is 17.9 Å². The average Bonchev–Trinajstić information content (AvgIpc) is 2.49. The minimum atomic E-state index is -0.667. The van der Waals surface area contributed by atoms with Gasteiger partial charge in [0.1, 0.15) is 30.6 Å². The Kier molecular flexibility index (Phi) is 6.35. The lowest BCUT2D eigenvalue weighted by atomic mass is 10.1. The summed E-state index contributed by atoms with van der Waals surface area (Å²) in [7, 11) is 0. The quantitative estimate of drug-likeness (QED) is 0.330. The Labute approximate surface area is 118 Å². The first-order valence-electron chi connectivity index (χ1n) is 5.95. The smallest absolute Gasteiger partial charge is 0.349 e. The molecule has 20 heavy (non-hydrogen) atoms. The van der Waals surface area contributed by atoms with Gasteiger partial charge in [-0.15, -0.1) is 0 Å². The van der Waals surface area contributed by atoms with E-state index in [1.54, 1.807) is 30.3 Å². The normalized spacial score (nSPS) is 10.2. The van der Waals surface area contributed by atoms with Gasteiger partial charge in [-0.3, -0.25) is 0 Å². The lowest BCUT2D eigenvalue weighted by Gasteiger charge is -2.03. The van der Waals surface area contributed by atoms with Crippen LogP contribution >= 0.6 is 0 Å². The summed E-state index contributed by atoms with van der Waals surface area (Å²) in [6.45, 7) is 7.49. The van der Waals surface area contributed by atoms with E-state index in [1.165, 1.54) is 12.2 Å². The van der Waals surface area contributed by atoms with Gasteiger partial charge >= 0.3 is 5.97 Å². The molecule has 102 valence electrons. The van der Waals surface area contributed by atoms with Crippen LogP contribution in [0.3, 0.4) is 0 Å². The van der Waals surface area contributed by atoms with Crippen molar-refractivity contribution in [2.45, 2.75) is 0 Å². The van der Waals surface area contributed by atoms with E-state index in [1.807, 2.05) is 6.07 Å². The van der Waals surface area contributed by atoms with Crippen LogP contribution in [0.4, 0.5) is 0 Å². The van der Waals surface area contributed by atoms with Crippen LogP contribution in [0.1, 0.15) is 5.56 Å². The number of ether oxygens (including phenoxy) is 2. The van der Waals surface area contributed by atoms with Crippen molar-refractivity contribution in [2.24, 2.45) is 0 Å². The van der Waals surface area contributed by atoms with Gasteiger partial charge < -0.3 is 9.47 Å². The Balaban J connectivity index is 2.80. The molecule has 1 aromatic rings. The minimum absolute atomic E-state index is 0.0633. The van der Waals surface area contributed by atoms with Crippen molar-refractivity contribution in [2.75, 3.05) is 13.2 Å². The van der Waals surface area contributed by atoms with E-state index in [2.05, 4.69) is 13.2 Å². The highest BCUT2D eigenvalue weighted by Gasteiger charge is 2.09. The molecule has 0 unspecified atom stereocenters. The molecule has 1 rings (SSSR count). The predicted molar refractivity (Wildman–Crippen MR) is 76.9 cm³/mol. The summed E-state index contributed by atoms with van der Waals surface area (Å²) < 4.78 is 10.1. The van der Waals surface area contributed by atoms with Crippen molar-refractivity contribution in [3.8, 4) is 11.8 Å². The maximum atomic E-state index is 11.5. The molecular weight excluding hydrogens is 254 g/mol. The minimum Gasteiger partial charge on any atom is -0.490 e. The van der Waals surface area contributed by atoms with Gasteiger partial charge in [0.25, 0.3) is 0 Å². The molecular formula is C16H15NO3. The molecule has 0 atom stereocenters. The van der Waals surface area contributed by atoms with Crippen LogP contribution in [-0.4, -0.2) is 19.2 Å². The summed E-state index contributed by atoms with van der Waals surface area (Å²) in [4.78, 5) is 11.5. The fourth-order valence-electron chi connectivity index (χ4n) is 1.33. The molecule has 0 aliphatic heterocycles. The Bertz CT molecular complexity index is 550. The number of hydrogen-bond donors (Lipinski definition) is 0. The monoisotopic (exact) mass is 269 g/mol. The largest absolute Gasteiger partial charge is 0.490 e. The number of carbonyl (C=O) groups is 1. The molecule has 0 saturated heterocycles. The van der Waals surface area contributed by atoms with Crippen LogP contribution in [0.15, 0.2) is 55.1 Å². The maximum absolute atomic E-state index is 11.5. The number of esters is 1. The van der Waals surface area contributed by atoms with Gasteiger partial charge in [0.15, 0.2) is 0 Å². The molecule has 0 bridgehead atoms. The molecule has 4 nitrogen and oxygen atoms in total. The topological polar surface area (TPSA) is 59.3 Å². The predicted octanol–water partition coefficient (Wildman–Crippen LogP) is 2.89. The second-order valence-electron chi connectivity index (χ2n) is 3.73. The zero-order valence-electron chi connectivity index (χ0n) is 11.0. The fraction of sp³-hybridized carbons (Fsp3) is 0.125. The zero-order valence-corrected chi connectivity index (χ0v) is 11.0. The van der Waals surface area contributed by atoms with Gasteiger partial charge in [0.05, 0.1) is 0 Å². The third-order valence-electron chi connectivity index (χ3n) is 2.23. The van der Waals surface area contributed by atoms with Crippen molar-refractivity contribution < 1.29 is 14.3 Å². The van der Waals surface area contributed by atoms with E-state index >= 15 is 0 Å². The summed E-state index contributed by atoms with van der Waals surface area (Å²) in [5.41, 5.74) is 0.648. The number of nitriles is 1. The van der Waals surface area contributed by atoms with Gasteiger partial charge in [0.2, 0.25) is 0 Å². The second-order valence-corrected chi connectivity index (χ2v) is 3.73. The van der Waals surface area contributed by atoms with Crippen molar-refractivity contribution >= 4 is 12.0 Å². The number of hydrogen-bond acceptors (Lipinski definition) is 4. The lowest BCUT2D eigenvalue weighted by molar-refractivity contribution is -0.137. The van der Waals surface area contributed by atoms with Crippen molar-refractivity contribution in [1.82, 2.24) is 0 Å². The van der Waals surface area contributed by atoms with Crippen LogP contribution in [-0.2, 0) is 9.53 Å². The van der Waals surface area contributed by atoms with Gasteiger partial charge in [-0.1, -0.05) is 37.4 Å². The summed E-state index contributed by atoms with van der Waals surface area (Å²) in [5, 5.41) is 8.95. The Hall–Kier alpha value is -2.80. The third-order valence-corrected chi connectivity index (χ3v) is 2.23. The second kappa shape index (κ2) is 8.33. The lowest BCUT2D eigenvalue weighted by Crippen LogP contribution is -2.06. The maximum Gasteiger partial charge on any atom is 0.349 e. The number of benzene rings is 1. The molecule has 0 aliphatic carbocycles. The van der Waals surface area contributed by atoms with Crippen LogP contribution in [0.25, 0.3) is 6.08 Å². The number of carbonyl (C=O) groups excluding carboxylic acids is 1. The highest BCUT2D eigenvalue weighted by molar-refractivity contribution is 5.97. The van der Waals surface area contributed by atoms with Crippen LogP contribution < -0.4 is 4.74 Å². The zero-order chi connectivity index (χ0) is 14.8. The standard InChI is InChI=1S/C16H15NO3/c1-3-9-19-15-7-5-13(6-8-15)11-14(12-17)16(18)20-10-4-2/h3-8,11H,1-2,9-10H2/b14-11-. The molecule has 0 amide bonds. The van der Waals surface area contributed by atoms with E-state index in [-0.39, 0.29) is 12.2 Å². The highest BCUT2D eigenvalue weighted by atomic mass is 16.5. The van der Waals surface area contributed by atoms with Crippen LogP contribution in [0.5, 0.6) is 5.75 Å². The van der Waals surface area contributed by atoms with E-state index in [0.717, 1.165) is 0 Å². The number of rotatable bonds is 7. The first-order chi connectivity index (χ1) is 9.71. The molecule has 0 aromatic heterocycles. The van der Waals surface area contributed by atoms with Crippen LogP contribution in [0, 0.1) is 11.3 Å². The molecule has 0 radical (unpaired) electrons.